The summed E-state index contributed by atoms with van der Waals surface area (Å²) in [5.41, 5.74) is 6.09. The van der Waals surface area contributed by atoms with Crippen molar-refractivity contribution < 1.29 is 23.5 Å². The standard InChI is InChI=1S/C20H20N4O5/c1-12(2)29-16-9-8-15(10-17(16)27-3)19(26)23-22-18(25)13-4-6-14(7-5-13)20-24-21-11-28-20/h4-12H,1-3H3,(H,22,25)(H,23,26). The number of hydrogen-bond donors (Lipinski definition) is 2. The molecule has 0 unspecified atom stereocenters. The van der Waals surface area contributed by atoms with E-state index in [0.29, 0.717) is 34.1 Å². The van der Waals surface area contributed by atoms with Gasteiger partial charge in [-0.15, -0.1) is 10.2 Å². The van der Waals surface area contributed by atoms with Crippen molar-refractivity contribution in [1.29, 1.82) is 0 Å². The zero-order valence-corrected chi connectivity index (χ0v) is 16.1. The van der Waals surface area contributed by atoms with Gasteiger partial charge in [0.2, 0.25) is 12.3 Å². The molecule has 0 aliphatic carbocycles. The van der Waals surface area contributed by atoms with Gasteiger partial charge in [0.25, 0.3) is 11.8 Å². The molecule has 9 nitrogen and oxygen atoms in total. The number of aromatic nitrogens is 2. The fourth-order valence-corrected chi connectivity index (χ4v) is 2.48. The second kappa shape index (κ2) is 8.87. The van der Waals surface area contributed by atoms with Gasteiger partial charge in [-0.05, 0) is 56.3 Å². The van der Waals surface area contributed by atoms with E-state index >= 15 is 0 Å². The van der Waals surface area contributed by atoms with Gasteiger partial charge in [-0.2, -0.15) is 0 Å². The highest BCUT2D eigenvalue weighted by Gasteiger charge is 2.14. The first-order valence-corrected chi connectivity index (χ1v) is 8.80. The van der Waals surface area contributed by atoms with E-state index in [4.69, 9.17) is 13.9 Å². The smallest absolute Gasteiger partial charge is 0.269 e. The quantitative estimate of drug-likeness (QED) is 0.615. The van der Waals surface area contributed by atoms with E-state index in [0.717, 1.165) is 0 Å². The molecule has 0 saturated heterocycles. The monoisotopic (exact) mass is 396 g/mol. The summed E-state index contributed by atoms with van der Waals surface area (Å²) in [4.78, 5) is 24.6. The van der Waals surface area contributed by atoms with E-state index in [2.05, 4.69) is 21.0 Å². The van der Waals surface area contributed by atoms with Crippen molar-refractivity contribution in [2.24, 2.45) is 0 Å². The van der Waals surface area contributed by atoms with Crippen LogP contribution < -0.4 is 20.3 Å². The summed E-state index contributed by atoms with van der Waals surface area (Å²) < 4.78 is 16.0. The van der Waals surface area contributed by atoms with Crippen LogP contribution in [0.3, 0.4) is 0 Å². The summed E-state index contributed by atoms with van der Waals surface area (Å²) in [6.45, 7) is 3.79. The molecule has 0 radical (unpaired) electrons. The lowest BCUT2D eigenvalue weighted by molar-refractivity contribution is 0.0846. The Morgan fingerprint density at radius 2 is 1.62 bits per heavy atom. The Labute approximate surface area is 167 Å². The van der Waals surface area contributed by atoms with Crippen molar-refractivity contribution in [1.82, 2.24) is 21.0 Å². The highest BCUT2D eigenvalue weighted by Crippen LogP contribution is 2.28. The van der Waals surface area contributed by atoms with Crippen LogP contribution in [-0.2, 0) is 0 Å². The molecule has 2 amide bonds. The van der Waals surface area contributed by atoms with Crippen molar-refractivity contribution in [3.63, 3.8) is 0 Å². The maximum absolute atomic E-state index is 12.3. The predicted octanol–water partition coefficient (Wildman–Crippen LogP) is 2.61. The Hall–Kier alpha value is -3.88. The first-order valence-electron chi connectivity index (χ1n) is 8.80. The van der Waals surface area contributed by atoms with Gasteiger partial charge in [0.1, 0.15) is 0 Å². The van der Waals surface area contributed by atoms with Gasteiger partial charge >= 0.3 is 0 Å². The number of carbonyl (C=O) groups excluding carboxylic acids is 2. The van der Waals surface area contributed by atoms with Gasteiger partial charge in [-0.3, -0.25) is 20.4 Å². The van der Waals surface area contributed by atoms with E-state index in [1.54, 1.807) is 42.5 Å². The summed E-state index contributed by atoms with van der Waals surface area (Å²) in [5.74, 6) is 0.347. The fourth-order valence-electron chi connectivity index (χ4n) is 2.48. The minimum atomic E-state index is -0.491. The number of benzene rings is 2. The van der Waals surface area contributed by atoms with Crippen LogP contribution in [0.5, 0.6) is 11.5 Å². The van der Waals surface area contributed by atoms with E-state index < -0.39 is 11.8 Å². The van der Waals surface area contributed by atoms with Crippen LogP contribution in [0.25, 0.3) is 11.5 Å². The Kier molecular flexibility index (Phi) is 6.08. The van der Waals surface area contributed by atoms with E-state index in [-0.39, 0.29) is 6.10 Å². The Morgan fingerprint density at radius 3 is 2.21 bits per heavy atom. The number of nitrogens with one attached hydrogen (secondary N) is 2. The molecule has 0 fully saturated rings. The SMILES string of the molecule is COc1cc(C(=O)NNC(=O)c2ccc(-c3nnco3)cc2)ccc1OC(C)C. The molecule has 3 rings (SSSR count). The topological polar surface area (TPSA) is 116 Å². The first-order chi connectivity index (χ1) is 14.0. The number of ether oxygens (including phenoxy) is 2. The van der Waals surface area contributed by atoms with E-state index in [1.807, 2.05) is 13.8 Å². The lowest BCUT2D eigenvalue weighted by Crippen LogP contribution is -2.41. The number of hydrazine groups is 1. The number of carbonyl (C=O) groups is 2. The van der Waals surface area contributed by atoms with Crippen molar-refractivity contribution >= 4 is 11.8 Å². The molecule has 0 aliphatic rings. The third kappa shape index (κ3) is 4.89. The van der Waals surface area contributed by atoms with Crippen molar-refractivity contribution in [2.75, 3.05) is 7.11 Å². The minimum Gasteiger partial charge on any atom is -0.493 e. The van der Waals surface area contributed by atoms with Crippen LogP contribution in [0.4, 0.5) is 0 Å². The van der Waals surface area contributed by atoms with Crippen LogP contribution in [0.15, 0.2) is 53.3 Å². The summed E-state index contributed by atoms with van der Waals surface area (Å²) in [6, 6.07) is 11.3. The number of nitrogens with zero attached hydrogens (tertiary/aromatic N) is 2. The van der Waals surface area contributed by atoms with Crippen LogP contribution in [-0.4, -0.2) is 35.2 Å². The highest BCUT2D eigenvalue weighted by molar-refractivity contribution is 5.99. The zero-order valence-electron chi connectivity index (χ0n) is 16.1. The Balaban J connectivity index is 1.62. The zero-order chi connectivity index (χ0) is 20.8. The van der Waals surface area contributed by atoms with Gasteiger partial charge < -0.3 is 13.9 Å². The van der Waals surface area contributed by atoms with Crippen LogP contribution >= 0.6 is 0 Å². The Bertz CT molecular complexity index is 985. The van der Waals surface area contributed by atoms with Gasteiger partial charge in [-0.25, -0.2) is 0 Å². The molecule has 29 heavy (non-hydrogen) atoms. The molecule has 9 heteroatoms. The van der Waals surface area contributed by atoms with Gasteiger partial charge in [0.05, 0.1) is 13.2 Å². The highest BCUT2D eigenvalue weighted by atomic mass is 16.5. The normalized spacial score (nSPS) is 10.5. The maximum Gasteiger partial charge on any atom is 0.269 e. The summed E-state index contributed by atoms with van der Waals surface area (Å²) >= 11 is 0. The third-order valence-corrected chi connectivity index (χ3v) is 3.83. The average Bonchev–Trinajstić information content (AvgIpc) is 3.26. The molecule has 0 bridgehead atoms. The maximum atomic E-state index is 12.3. The van der Waals surface area contributed by atoms with Gasteiger partial charge in [0, 0.05) is 16.7 Å². The fraction of sp³-hybridized carbons (Fsp3) is 0.200. The van der Waals surface area contributed by atoms with E-state index in [1.165, 1.54) is 13.5 Å². The lowest BCUT2D eigenvalue weighted by Gasteiger charge is -2.14. The molecular weight excluding hydrogens is 376 g/mol. The molecule has 0 spiro atoms. The molecule has 0 saturated carbocycles. The third-order valence-electron chi connectivity index (χ3n) is 3.83. The van der Waals surface area contributed by atoms with Crippen LogP contribution in [0.1, 0.15) is 34.6 Å². The number of methoxy groups -OCH3 is 1. The summed E-state index contributed by atoms with van der Waals surface area (Å²) in [5, 5.41) is 7.40. The summed E-state index contributed by atoms with van der Waals surface area (Å²) in [6.07, 6.45) is 1.19. The molecule has 3 aromatic rings. The van der Waals surface area contributed by atoms with Crippen LogP contribution in [0, 0.1) is 0 Å². The molecule has 2 aromatic carbocycles. The second-order valence-electron chi connectivity index (χ2n) is 6.26. The predicted molar refractivity (Wildman–Crippen MR) is 103 cm³/mol. The molecule has 1 aromatic heterocycles. The van der Waals surface area contributed by atoms with Crippen molar-refractivity contribution in [2.45, 2.75) is 20.0 Å². The van der Waals surface area contributed by atoms with Gasteiger partial charge in [0.15, 0.2) is 11.5 Å². The molecule has 1 heterocycles. The Morgan fingerprint density at radius 1 is 0.966 bits per heavy atom. The largest absolute Gasteiger partial charge is 0.493 e. The summed E-state index contributed by atoms with van der Waals surface area (Å²) in [7, 11) is 1.49. The van der Waals surface area contributed by atoms with Gasteiger partial charge in [-0.1, -0.05) is 0 Å². The number of rotatable bonds is 6. The first kappa shape index (κ1) is 19.9. The molecule has 0 aliphatic heterocycles. The second-order valence-corrected chi connectivity index (χ2v) is 6.26. The number of amides is 2. The lowest BCUT2D eigenvalue weighted by atomic mass is 10.1. The van der Waals surface area contributed by atoms with Crippen LogP contribution in [0.2, 0.25) is 0 Å². The molecule has 150 valence electrons. The van der Waals surface area contributed by atoms with Crippen molar-refractivity contribution in [3.05, 3.63) is 60.0 Å². The minimum absolute atomic E-state index is 0.0333. The van der Waals surface area contributed by atoms with Crippen molar-refractivity contribution in [3.8, 4) is 23.0 Å². The number of hydrogen-bond acceptors (Lipinski definition) is 7. The molecule has 0 atom stereocenters. The average molecular weight is 396 g/mol. The molecule has 2 N–H and O–H groups in total. The molecular formula is C20H20N4O5. The van der Waals surface area contributed by atoms with E-state index in [9.17, 15) is 9.59 Å².